The molecule has 11 heteroatoms. The van der Waals surface area contributed by atoms with Crippen LogP contribution in [-0.4, -0.2) is 92.2 Å². The number of rotatable bonds is 15. The van der Waals surface area contributed by atoms with Crippen molar-refractivity contribution in [3.05, 3.63) is 69.8 Å². The minimum Gasteiger partial charge on any atom is -0.508 e. The fourth-order valence-corrected chi connectivity index (χ4v) is 5.89. The summed E-state index contributed by atoms with van der Waals surface area (Å²) in [6, 6.07) is 9.36. The molecule has 49 heavy (non-hydrogen) atoms. The second-order valence-corrected chi connectivity index (χ2v) is 14.6. The van der Waals surface area contributed by atoms with Crippen LogP contribution in [0.5, 0.6) is 5.75 Å². The maximum Gasteiger partial charge on any atom is 0.245 e. The van der Waals surface area contributed by atoms with E-state index in [2.05, 4.69) is 10.6 Å². The van der Waals surface area contributed by atoms with Crippen LogP contribution in [0.15, 0.2) is 36.4 Å². The lowest BCUT2D eigenvalue weighted by Crippen LogP contribution is -2.57. The van der Waals surface area contributed by atoms with Crippen LogP contribution in [0, 0.1) is 12.3 Å². The van der Waals surface area contributed by atoms with Crippen molar-refractivity contribution in [2.24, 2.45) is 5.41 Å². The van der Waals surface area contributed by atoms with Crippen molar-refractivity contribution in [1.29, 1.82) is 0 Å². The highest BCUT2D eigenvalue weighted by Crippen LogP contribution is 2.40. The molecule has 0 spiro atoms. The first kappa shape index (κ1) is 40.1. The third-order valence-electron chi connectivity index (χ3n) is 9.25. The van der Waals surface area contributed by atoms with Gasteiger partial charge in [-0.2, -0.15) is 0 Å². The predicted molar refractivity (Wildman–Crippen MR) is 188 cm³/mol. The number of unbranched alkanes of at least 4 members (excludes halogenated alkanes) is 2. The maximum absolute atomic E-state index is 13.2. The number of ether oxygens (including phenoxy) is 1. The number of nitrogens with one attached hydrogen (secondary N) is 2. The molecule has 1 heterocycles. The first-order valence-electron chi connectivity index (χ1n) is 17.1. The minimum atomic E-state index is -1.56. The molecule has 1 aliphatic rings. The van der Waals surface area contributed by atoms with Gasteiger partial charge in [0, 0.05) is 18.7 Å². The number of phenols is 1. The van der Waals surface area contributed by atoms with Crippen LogP contribution in [0.25, 0.3) is 6.08 Å². The Hall–Kier alpha value is -3.32. The Labute approximate surface area is 290 Å². The Balaban J connectivity index is 1.77. The van der Waals surface area contributed by atoms with Crippen molar-refractivity contribution < 1.29 is 45.0 Å². The zero-order valence-electron chi connectivity index (χ0n) is 29.9. The molecule has 0 aromatic heterocycles. The van der Waals surface area contributed by atoms with Gasteiger partial charge < -0.3 is 46.0 Å². The fourth-order valence-electron chi connectivity index (χ4n) is 5.89. The fraction of sp³-hybridized carbons (Fsp3) is 0.579. The summed E-state index contributed by atoms with van der Waals surface area (Å²) in [4.78, 5) is 26.0. The quantitative estimate of drug-likeness (QED) is 0.130. The zero-order chi connectivity index (χ0) is 36.7. The molecule has 11 nitrogen and oxygen atoms in total. The smallest absolute Gasteiger partial charge is 0.245 e. The Morgan fingerprint density at radius 2 is 1.61 bits per heavy atom. The molecule has 1 saturated heterocycles. The average Bonchev–Trinajstić information content (AvgIpc) is 3.04. The third-order valence-corrected chi connectivity index (χ3v) is 9.25. The van der Waals surface area contributed by atoms with Crippen LogP contribution in [0.1, 0.15) is 106 Å². The van der Waals surface area contributed by atoms with Gasteiger partial charge in [-0.05, 0) is 106 Å². The molecule has 1 aliphatic heterocycles. The summed E-state index contributed by atoms with van der Waals surface area (Å²) in [5.41, 5.74) is 2.93. The van der Waals surface area contributed by atoms with E-state index < -0.39 is 48.1 Å². The Bertz CT molecular complexity index is 1470. The number of aliphatic hydroxyl groups is 5. The lowest BCUT2D eigenvalue weighted by Gasteiger charge is -2.40. The number of hydrogen-bond acceptors (Lipinski definition) is 9. The maximum atomic E-state index is 13.2. The summed E-state index contributed by atoms with van der Waals surface area (Å²) < 4.78 is 5.75. The number of phenolic OH excluding ortho intramolecular Hbond substituents is 1. The first-order valence-corrected chi connectivity index (χ1v) is 17.1. The number of aromatic hydroxyl groups is 1. The Morgan fingerprint density at radius 3 is 2.22 bits per heavy atom. The van der Waals surface area contributed by atoms with E-state index in [0.717, 1.165) is 40.7 Å². The molecule has 272 valence electrons. The highest BCUT2D eigenvalue weighted by Gasteiger charge is 2.45. The van der Waals surface area contributed by atoms with Gasteiger partial charge in [0.2, 0.25) is 11.8 Å². The summed E-state index contributed by atoms with van der Waals surface area (Å²) in [7, 11) is 0. The lowest BCUT2D eigenvalue weighted by molar-refractivity contribution is -0.232. The van der Waals surface area contributed by atoms with Gasteiger partial charge in [0.15, 0.2) is 0 Å². The predicted octanol–water partition coefficient (Wildman–Crippen LogP) is 3.14. The lowest BCUT2D eigenvalue weighted by atomic mass is 9.85. The molecule has 0 unspecified atom stereocenters. The van der Waals surface area contributed by atoms with Gasteiger partial charge in [0.05, 0.1) is 12.0 Å². The highest BCUT2D eigenvalue weighted by atomic mass is 16.5. The SMILES string of the molecule is Cc1cc(/C=C/C(C)(C)C(=O)NC(C)(C)C(=O)NCCCCCO)ccc1Cc1cc([C@@H]2O[C@H](CO)[C@@H](O)[C@H](O)[C@H]2O)c(O)cc1C(C)C. The first-order chi connectivity index (χ1) is 22.9. The second kappa shape index (κ2) is 17.1. The van der Waals surface area contributed by atoms with Crippen molar-refractivity contribution in [1.82, 2.24) is 10.6 Å². The third kappa shape index (κ3) is 10.1. The van der Waals surface area contributed by atoms with Gasteiger partial charge in [-0.1, -0.05) is 44.2 Å². The van der Waals surface area contributed by atoms with Crippen LogP contribution >= 0.6 is 0 Å². The number of hydrogen-bond donors (Lipinski definition) is 8. The summed E-state index contributed by atoms with van der Waals surface area (Å²) >= 11 is 0. The van der Waals surface area contributed by atoms with E-state index in [9.17, 15) is 35.1 Å². The van der Waals surface area contributed by atoms with Crippen molar-refractivity contribution in [2.75, 3.05) is 19.8 Å². The number of amides is 2. The topological polar surface area (TPSA) is 189 Å². The molecule has 0 bridgehead atoms. The van der Waals surface area contributed by atoms with Gasteiger partial charge in [-0.25, -0.2) is 0 Å². The van der Waals surface area contributed by atoms with Crippen molar-refractivity contribution in [2.45, 2.75) is 116 Å². The number of benzene rings is 2. The minimum absolute atomic E-state index is 0.0635. The van der Waals surface area contributed by atoms with Crippen LogP contribution < -0.4 is 10.6 Å². The van der Waals surface area contributed by atoms with Gasteiger partial charge in [-0.15, -0.1) is 0 Å². The molecular formula is C38H56N2O9. The molecule has 8 N–H and O–H groups in total. The number of carbonyl (C=O) groups excluding carboxylic acids is 2. The molecule has 5 atom stereocenters. The van der Waals surface area contributed by atoms with E-state index in [-0.39, 0.29) is 35.7 Å². The summed E-state index contributed by atoms with van der Waals surface area (Å²) in [6.45, 7) is 13.0. The van der Waals surface area contributed by atoms with Crippen LogP contribution in [0.2, 0.25) is 0 Å². The number of carbonyl (C=O) groups is 2. The zero-order valence-corrected chi connectivity index (χ0v) is 29.9. The van der Waals surface area contributed by atoms with Gasteiger partial charge in [0.1, 0.15) is 41.8 Å². The molecule has 2 amide bonds. The monoisotopic (exact) mass is 684 g/mol. The van der Waals surface area contributed by atoms with Crippen LogP contribution in [-0.2, 0) is 20.7 Å². The largest absolute Gasteiger partial charge is 0.508 e. The molecule has 2 aromatic rings. The summed E-state index contributed by atoms with van der Waals surface area (Å²) in [6.07, 6.45) is -0.407. The normalized spacial score (nSPS) is 21.7. The van der Waals surface area contributed by atoms with Gasteiger partial charge >= 0.3 is 0 Å². The summed E-state index contributed by atoms with van der Waals surface area (Å²) in [5, 5.41) is 66.6. The van der Waals surface area contributed by atoms with Gasteiger partial charge in [0.25, 0.3) is 0 Å². The number of aliphatic hydroxyl groups excluding tert-OH is 5. The molecule has 0 saturated carbocycles. The average molecular weight is 685 g/mol. The van der Waals surface area contributed by atoms with Crippen molar-refractivity contribution >= 4 is 17.9 Å². The molecular weight excluding hydrogens is 628 g/mol. The molecule has 0 aliphatic carbocycles. The van der Waals surface area contributed by atoms with Crippen molar-refractivity contribution in [3.63, 3.8) is 0 Å². The van der Waals surface area contributed by atoms with E-state index in [1.54, 1.807) is 39.8 Å². The second-order valence-electron chi connectivity index (χ2n) is 14.6. The van der Waals surface area contributed by atoms with Gasteiger partial charge in [-0.3, -0.25) is 9.59 Å². The van der Waals surface area contributed by atoms with Crippen molar-refractivity contribution in [3.8, 4) is 5.75 Å². The van der Waals surface area contributed by atoms with Crippen LogP contribution in [0.4, 0.5) is 0 Å². The molecule has 2 aromatic carbocycles. The van der Waals surface area contributed by atoms with E-state index in [4.69, 9.17) is 9.84 Å². The van der Waals surface area contributed by atoms with E-state index in [1.807, 2.05) is 51.1 Å². The molecule has 0 radical (unpaired) electrons. The highest BCUT2D eigenvalue weighted by molar-refractivity contribution is 5.93. The Kier molecular flexibility index (Phi) is 14.0. The summed E-state index contributed by atoms with van der Waals surface area (Å²) in [5.74, 6) is -0.612. The van der Waals surface area contributed by atoms with E-state index in [0.29, 0.717) is 19.4 Å². The van der Waals surface area contributed by atoms with E-state index >= 15 is 0 Å². The van der Waals surface area contributed by atoms with Crippen LogP contribution in [0.3, 0.4) is 0 Å². The number of aryl methyl sites for hydroxylation is 1. The van der Waals surface area contributed by atoms with E-state index in [1.165, 1.54) is 0 Å². The molecule has 1 fully saturated rings. The standard InChI is InChI=1S/C38H56N2O9/c1-22(2)27-20-29(43)28(34-33(46)32(45)31(44)30(21-42)49-34)19-26(27)18-25-12-11-24(17-23(25)3)13-14-37(4,5)35(47)40-38(6,7)36(48)39-15-9-8-10-16-41/h11-14,17,19-20,22,30-34,41-46H,8-10,15-16,18,21H2,1-7H3,(H,39,48)(H,40,47)/b14-13+/t30-,31-,32+,33-,34+/m1/s1. The Morgan fingerprint density at radius 1 is 0.918 bits per heavy atom. The molecule has 3 rings (SSSR count).